The van der Waals surface area contributed by atoms with Crippen LogP contribution in [0.5, 0.6) is 0 Å². The van der Waals surface area contributed by atoms with Gasteiger partial charge in [-0.15, -0.1) is 30.6 Å². The quantitative estimate of drug-likeness (QED) is 0.344. The topological polar surface area (TPSA) is 52.6 Å². The number of guanidine groups is 1. The molecule has 1 fully saturated rings. The number of halogens is 1. The Kier molecular flexibility index (Phi) is 8.11. The third-order valence-electron chi connectivity index (χ3n) is 3.34. The fraction of sp³-hybridized carbons (Fsp3) is 0.467. The van der Waals surface area contributed by atoms with Gasteiger partial charge in [-0.1, -0.05) is 6.08 Å². The van der Waals surface area contributed by atoms with Crippen molar-refractivity contribution in [2.75, 3.05) is 31.6 Å². The van der Waals surface area contributed by atoms with E-state index in [1.807, 2.05) is 18.3 Å². The van der Waals surface area contributed by atoms with Crippen molar-refractivity contribution in [3.05, 3.63) is 36.5 Å². The summed E-state index contributed by atoms with van der Waals surface area (Å²) in [4.78, 5) is 11.0. The molecule has 116 valence electrons. The van der Waals surface area contributed by atoms with E-state index in [-0.39, 0.29) is 24.0 Å². The fourth-order valence-corrected chi connectivity index (χ4v) is 2.26. The number of anilines is 1. The molecule has 1 aliphatic rings. The van der Waals surface area contributed by atoms with E-state index in [9.17, 15) is 0 Å². The van der Waals surface area contributed by atoms with Crippen LogP contribution < -0.4 is 15.5 Å². The molecule has 1 aromatic heterocycles. The molecule has 0 spiro atoms. The van der Waals surface area contributed by atoms with E-state index in [0.717, 1.165) is 31.4 Å². The molecule has 0 aliphatic carbocycles. The standard InChI is InChI=1S/C15H23N5.HI/c1-3-7-18-15(16-2)19-12-13-6-8-17-14(11-13)20-9-4-5-10-20;/h3,6,8,11H,1,4-5,7,9-10,12H2,2H3,(H2,16,18,19);1H. The van der Waals surface area contributed by atoms with Gasteiger partial charge in [0.05, 0.1) is 0 Å². The maximum atomic E-state index is 4.46. The second kappa shape index (κ2) is 9.59. The zero-order valence-corrected chi connectivity index (χ0v) is 14.8. The van der Waals surface area contributed by atoms with Crippen molar-refractivity contribution in [2.24, 2.45) is 4.99 Å². The van der Waals surface area contributed by atoms with Crippen LogP contribution in [0, 0.1) is 0 Å². The maximum Gasteiger partial charge on any atom is 0.191 e. The van der Waals surface area contributed by atoms with Crippen LogP contribution in [0.15, 0.2) is 36.0 Å². The summed E-state index contributed by atoms with van der Waals surface area (Å²) in [6.45, 7) is 7.36. The third-order valence-corrected chi connectivity index (χ3v) is 3.34. The van der Waals surface area contributed by atoms with Crippen molar-refractivity contribution in [3.8, 4) is 0 Å². The number of rotatable bonds is 5. The van der Waals surface area contributed by atoms with Crippen LogP contribution >= 0.6 is 24.0 Å². The summed E-state index contributed by atoms with van der Waals surface area (Å²) in [5.41, 5.74) is 1.21. The molecule has 21 heavy (non-hydrogen) atoms. The molecule has 0 aromatic carbocycles. The summed E-state index contributed by atoms with van der Waals surface area (Å²) in [5, 5.41) is 6.44. The zero-order chi connectivity index (χ0) is 14.2. The Morgan fingerprint density at radius 3 is 2.86 bits per heavy atom. The second-order valence-electron chi connectivity index (χ2n) is 4.81. The lowest BCUT2D eigenvalue weighted by Crippen LogP contribution is -2.36. The number of aromatic nitrogens is 1. The largest absolute Gasteiger partial charge is 0.357 e. The molecule has 2 rings (SSSR count). The van der Waals surface area contributed by atoms with Crippen LogP contribution in [0.1, 0.15) is 18.4 Å². The first kappa shape index (κ1) is 17.7. The average Bonchev–Trinajstić information content (AvgIpc) is 3.02. The summed E-state index contributed by atoms with van der Waals surface area (Å²) in [6, 6.07) is 4.19. The predicted octanol–water partition coefficient (Wildman–Crippen LogP) is 2.15. The number of hydrogen-bond acceptors (Lipinski definition) is 3. The molecule has 0 bridgehead atoms. The van der Waals surface area contributed by atoms with Gasteiger partial charge < -0.3 is 15.5 Å². The fourth-order valence-electron chi connectivity index (χ4n) is 2.26. The van der Waals surface area contributed by atoms with Gasteiger partial charge in [0, 0.05) is 39.4 Å². The molecule has 0 unspecified atom stereocenters. The van der Waals surface area contributed by atoms with Gasteiger partial charge in [0.2, 0.25) is 0 Å². The molecule has 2 heterocycles. The van der Waals surface area contributed by atoms with Crippen molar-refractivity contribution in [2.45, 2.75) is 19.4 Å². The molecule has 5 nitrogen and oxygen atoms in total. The van der Waals surface area contributed by atoms with Gasteiger partial charge in [0.1, 0.15) is 5.82 Å². The highest BCUT2D eigenvalue weighted by Gasteiger charge is 2.13. The highest BCUT2D eigenvalue weighted by Crippen LogP contribution is 2.18. The lowest BCUT2D eigenvalue weighted by molar-refractivity contribution is 0.841. The number of aliphatic imine (C=N–C) groups is 1. The lowest BCUT2D eigenvalue weighted by Gasteiger charge is -2.17. The number of nitrogens with one attached hydrogen (secondary N) is 2. The van der Waals surface area contributed by atoms with Gasteiger partial charge in [-0.3, -0.25) is 4.99 Å². The summed E-state index contributed by atoms with van der Waals surface area (Å²) in [5.74, 6) is 1.86. The molecule has 2 N–H and O–H groups in total. The van der Waals surface area contributed by atoms with Crippen LogP contribution in [0.25, 0.3) is 0 Å². The summed E-state index contributed by atoms with van der Waals surface area (Å²) in [7, 11) is 1.76. The van der Waals surface area contributed by atoms with E-state index in [1.165, 1.54) is 18.4 Å². The Labute approximate surface area is 144 Å². The first-order valence-electron chi connectivity index (χ1n) is 7.09. The molecule has 0 saturated carbocycles. The molecule has 0 radical (unpaired) electrons. The van der Waals surface area contributed by atoms with Gasteiger partial charge >= 0.3 is 0 Å². The number of nitrogens with zero attached hydrogens (tertiary/aromatic N) is 3. The van der Waals surface area contributed by atoms with Crippen molar-refractivity contribution in [1.82, 2.24) is 15.6 Å². The second-order valence-corrected chi connectivity index (χ2v) is 4.81. The number of pyridine rings is 1. The average molecular weight is 401 g/mol. The summed E-state index contributed by atoms with van der Waals surface area (Å²) >= 11 is 0. The summed E-state index contributed by atoms with van der Waals surface area (Å²) in [6.07, 6.45) is 6.22. The molecular weight excluding hydrogens is 377 g/mol. The maximum absolute atomic E-state index is 4.46. The van der Waals surface area contributed by atoms with E-state index < -0.39 is 0 Å². The Bertz CT molecular complexity index is 469. The van der Waals surface area contributed by atoms with E-state index in [2.05, 4.69) is 38.2 Å². The Balaban J connectivity index is 0.00000220. The molecule has 0 amide bonds. The van der Waals surface area contributed by atoms with Crippen molar-refractivity contribution >= 4 is 35.8 Å². The number of hydrogen-bond donors (Lipinski definition) is 2. The summed E-state index contributed by atoms with van der Waals surface area (Å²) < 4.78 is 0. The van der Waals surface area contributed by atoms with Crippen molar-refractivity contribution < 1.29 is 0 Å². The van der Waals surface area contributed by atoms with Crippen molar-refractivity contribution in [3.63, 3.8) is 0 Å². The zero-order valence-electron chi connectivity index (χ0n) is 12.5. The molecule has 1 aliphatic heterocycles. The molecule has 1 aromatic rings. The highest BCUT2D eigenvalue weighted by atomic mass is 127. The minimum absolute atomic E-state index is 0. The van der Waals surface area contributed by atoms with Crippen LogP contribution in [0.3, 0.4) is 0 Å². The molecular formula is C15H24IN5. The Hall–Kier alpha value is -1.31. The SMILES string of the molecule is C=CCNC(=NC)NCc1ccnc(N2CCCC2)c1.I. The van der Waals surface area contributed by atoms with E-state index in [4.69, 9.17) is 0 Å². The molecule has 1 saturated heterocycles. The minimum Gasteiger partial charge on any atom is -0.357 e. The van der Waals surface area contributed by atoms with Crippen LogP contribution in [0.2, 0.25) is 0 Å². The van der Waals surface area contributed by atoms with E-state index in [1.54, 1.807) is 7.05 Å². The van der Waals surface area contributed by atoms with E-state index >= 15 is 0 Å². The molecule has 6 heteroatoms. The highest BCUT2D eigenvalue weighted by molar-refractivity contribution is 14.0. The minimum atomic E-state index is 0. The monoisotopic (exact) mass is 401 g/mol. The van der Waals surface area contributed by atoms with E-state index in [0.29, 0.717) is 6.54 Å². The lowest BCUT2D eigenvalue weighted by atomic mass is 10.2. The van der Waals surface area contributed by atoms with Crippen molar-refractivity contribution in [1.29, 1.82) is 0 Å². The molecule has 0 atom stereocenters. The van der Waals surface area contributed by atoms with Crippen LogP contribution in [-0.4, -0.2) is 37.6 Å². The Morgan fingerprint density at radius 1 is 1.43 bits per heavy atom. The Morgan fingerprint density at radius 2 is 2.19 bits per heavy atom. The van der Waals surface area contributed by atoms with Gasteiger partial charge in [-0.05, 0) is 30.5 Å². The third kappa shape index (κ3) is 5.53. The van der Waals surface area contributed by atoms with Gasteiger partial charge in [0.25, 0.3) is 0 Å². The first-order valence-corrected chi connectivity index (χ1v) is 7.09. The first-order chi connectivity index (χ1) is 9.83. The van der Waals surface area contributed by atoms with Gasteiger partial charge in [-0.2, -0.15) is 0 Å². The van der Waals surface area contributed by atoms with Gasteiger partial charge in [0.15, 0.2) is 5.96 Å². The van der Waals surface area contributed by atoms with Crippen LogP contribution in [0.4, 0.5) is 5.82 Å². The predicted molar refractivity (Wildman–Crippen MR) is 99.5 cm³/mol. The normalized spacial score (nSPS) is 14.5. The van der Waals surface area contributed by atoms with Gasteiger partial charge in [-0.25, -0.2) is 4.98 Å². The van der Waals surface area contributed by atoms with Crippen LogP contribution in [-0.2, 0) is 6.54 Å². The smallest absolute Gasteiger partial charge is 0.191 e.